The SMILES string of the molecule is CNC(Cc1ccc(Cl)cc1)C1(CC(C)C)CCCC1. The van der Waals surface area contributed by atoms with Gasteiger partial charge in [0.25, 0.3) is 0 Å². The molecule has 1 nitrogen and oxygen atoms in total. The van der Waals surface area contributed by atoms with Gasteiger partial charge in [-0.05, 0) is 61.8 Å². The summed E-state index contributed by atoms with van der Waals surface area (Å²) >= 11 is 5.99. The van der Waals surface area contributed by atoms with E-state index < -0.39 is 0 Å². The quantitative estimate of drug-likeness (QED) is 0.771. The molecule has 0 radical (unpaired) electrons. The first-order valence-electron chi connectivity index (χ1n) is 7.97. The second-order valence-corrected chi connectivity index (χ2v) is 7.28. The normalized spacial score (nSPS) is 19.4. The summed E-state index contributed by atoms with van der Waals surface area (Å²) in [4.78, 5) is 0. The van der Waals surface area contributed by atoms with Crippen molar-refractivity contribution in [1.29, 1.82) is 0 Å². The number of hydrogen-bond acceptors (Lipinski definition) is 1. The topological polar surface area (TPSA) is 12.0 Å². The maximum absolute atomic E-state index is 5.99. The Hall–Kier alpha value is -0.530. The molecule has 1 saturated carbocycles. The molecule has 20 heavy (non-hydrogen) atoms. The molecule has 1 aliphatic carbocycles. The van der Waals surface area contributed by atoms with Gasteiger partial charge in [0.05, 0.1) is 0 Å². The molecular weight excluding hydrogens is 266 g/mol. The zero-order valence-electron chi connectivity index (χ0n) is 13.1. The molecule has 1 aromatic carbocycles. The van der Waals surface area contributed by atoms with Gasteiger partial charge in [0.15, 0.2) is 0 Å². The van der Waals surface area contributed by atoms with E-state index in [-0.39, 0.29) is 0 Å². The number of halogens is 1. The van der Waals surface area contributed by atoms with Gasteiger partial charge < -0.3 is 5.32 Å². The van der Waals surface area contributed by atoms with E-state index in [1.54, 1.807) is 0 Å². The highest BCUT2D eigenvalue weighted by molar-refractivity contribution is 6.30. The van der Waals surface area contributed by atoms with Crippen LogP contribution in [0, 0.1) is 11.3 Å². The lowest BCUT2D eigenvalue weighted by atomic mass is 9.71. The summed E-state index contributed by atoms with van der Waals surface area (Å²) in [6.45, 7) is 4.71. The first-order chi connectivity index (χ1) is 9.55. The minimum Gasteiger partial charge on any atom is -0.316 e. The van der Waals surface area contributed by atoms with Crippen molar-refractivity contribution in [2.75, 3.05) is 7.05 Å². The van der Waals surface area contributed by atoms with Gasteiger partial charge in [-0.1, -0.05) is 50.4 Å². The molecule has 0 amide bonds. The van der Waals surface area contributed by atoms with E-state index >= 15 is 0 Å². The smallest absolute Gasteiger partial charge is 0.0406 e. The molecule has 0 bridgehead atoms. The van der Waals surface area contributed by atoms with Gasteiger partial charge >= 0.3 is 0 Å². The molecule has 1 N–H and O–H groups in total. The molecule has 1 aliphatic rings. The highest BCUT2D eigenvalue weighted by atomic mass is 35.5. The standard InChI is InChI=1S/C18H28ClN/c1-14(2)13-18(10-4-5-11-18)17(20-3)12-15-6-8-16(19)9-7-15/h6-9,14,17,20H,4-5,10-13H2,1-3H3. The van der Waals surface area contributed by atoms with Crippen LogP contribution < -0.4 is 5.32 Å². The maximum Gasteiger partial charge on any atom is 0.0406 e. The highest BCUT2D eigenvalue weighted by Gasteiger charge is 2.40. The van der Waals surface area contributed by atoms with Crippen LogP contribution in [0.1, 0.15) is 51.5 Å². The lowest BCUT2D eigenvalue weighted by molar-refractivity contribution is 0.160. The number of hydrogen-bond donors (Lipinski definition) is 1. The minimum atomic E-state index is 0.489. The minimum absolute atomic E-state index is 0.489. The van der Waals surface area contributed by atoms with Crippen molar-refractivity contribution in [2.24, 2.45) is 11.3 Å². The second-order valence-electron chi connectivity index (χ2n) is 6.84. The number of benzene rings is 1. The van der Waals surface area contributed by atoms with Gasteiger partial charge in [-0.3, -0.25) is 0 Å². The van der Waals surface area contributed by atoms with Gasteiger partial charge in [0.1, 0.15) is 0 Å². The van der Waals surface area contributed by atoms with Crippen molar-refractivity contribution in [2.45, 2.75) is 58.4 Å². The summed E-state index contributed by atoms with van der Waals surface area (Å²) in [6, 6.07) is 8.93. The Morgan fingerprint density at radius 3 is 2.25 bits per heavy atom. The Balaban J connectivity index is 2.14. The molecule has 0 aliphatic heterocycles. The second kappa shape index (κ2) is 6.95. The molecule has 1 aromatic rings. The first-order valence-corrected chi connectivity index (χ1v) is 8.35. The summed E-state index contributed by atoms with van der Waals surface area (Å²) in [5.41, 5.74) is 1.88. The molecular formula is C18H28ClN. The van der Waals surface area contributed by atoms with Crippen LogP contribution in [0.3, 0.4) is 0 Å². The molecule has 112 valence electrons. The monoisotopic (exact) mass is 293 g/mol. The van der Waals surface area contributed by atoms with E-state index in [2.05, 4.69) is 38.3 Å². The fraction of sp³-hybridized carbons (Fsp3) is 0.667. The van der Waals surface area contributed by atoms with E-state index in [1.165, 1.54) is 37.7 Å². The summed E-state index contributed by atoms with van der Waals surface area (Å²) in [7, 11) is 2.13. The van der Waals surface area contributed by atoms with Crippen LogP contribution in [-0.2, 0) is 6.42 Å². The number of rotatable bonds is 6. The molecule has 0 saturated heterocycles. The summed E-state index contributed by atoms with van der Waals surface area (Å²) in [5, 5.41) is 4.45. The van der Waals surface area contributed by atoms with Crippen molar-refractivity contribution < 1.29 is 0 Å². The Bertz CT molecular complexity index is 404. The largest absolute Gasteiger partial charge is 0.316 e. The third kappa shape index (κ3) is 3.77. The van der Waals surface area contributed by atoms with Crippen LogP contribution in [0.2, 0.25) is 5.02 Å². The van der Waals surface area contributed by atoms with Gasteiger partial charge in [-0.2, -0.15) is 0 Å². The van der Waals surface area contributed by atoms with Crippen LogP contribution >= 0.6 is 11.6 Å². The first kappa shape index (κ1) is 15.9. The zero-order valence-corrected chi connectivity index (χ0v) is 13.8. The molecule has 0 spiro atoms. The van der Waals surface area contributed by atoms with E-state index in [4.69, 9.17) is 11.6 Å². The van der Waals surface area contributed by atoms with Gasteiger partial charge in [-0.25, -0.2) is 0 Å². The molecule has 1 unspecified atom stereocenters. The van der Waals surface area contributed by atoms with Crippen LogP contribution in [0.5, 0.6) is 0 Å². The molecule has 0 heterocycles. The Kier molecular flexibility index (Phi) is 5.51. The lowest BCUT2D eigenvalue weighted by Gasteiger charge is -2.39. The molecule has 2 rings (SSSR count). The van der Waals surface area contributed by atoms with Gasteiger partial charge in [0, 0.05) is 11.1 Å². The Morgan fingerprint density at radius 2 is 1.75 bits per heavy atom. The van der Waals surface area contributed by atoms with Crippen LogP contribution in [-0.4, -0.2) is 13.1 Å². The maximum atomic E-state index is 5.99. The van der Waals surface area contributed by atoms with Crippen molar-refractivity contribution in [1.82, 2.24) is 5.32 Å². The Morgan fingerprint density at radius 1 is 1.15 bits per heavy atom. The highest BCUT2D eigenvalue weighted by Crippen LogP contribution is 2.46. The van der Waals surface area contributed by atoms with Crippen LogP contribution in [0.4, 0.5) is 0 Å². The third-order valence-corrected chi connectivity index (χ3v) is 5.11. The molecule has 1 atom stereocenters. The average molecular weight is 294 g/mol. The predicted molar refractivity (Wildman–Crippen MR) is 88.4 cm³/mol. The molecule has 2 heteroatoms. The summed E-state index contributed by atoms with van der Waals surface area (Å²) < 4.78 is 0. The summed E-state index contributed by atoms with van der Waals surface area (Å²) in [6.07, 6.45) is 8.00. The molecule has 0 aromatic heterocycles. The average Bonchev–Trinajstić information content (AvgIpc) is 2.86. The van der Waals surface area contributed by atoms with E-state index in [0.29, 0.717) is 11.5 Å². The van der Waals surface area contributed by atoms with E-state index in [0.717, 1.165) is 17.4 Å². The van der Waals surface area contributed by atoms with Crippen LogP contribution in [0.15, 0.2) is 24.3 Å². The van der Waals surface area contributed by atoms with Crippen molar-refractivity contribution in [3.63, 3.8) is 0 Å². The number of nitrogens with one attached hydrogen (secondary N) is 1. The number of likely N-dealkylation sites (N-methyl/N-ethyl adjacent to an activating group) is 1. The van der Waals surface area contributed by atoms with Gasteiger partial charge in [-0.15, -0.1) is 0 Å². The Labute approximate surface area is 129 Å². The lowest BCUT2D eigenvalue weighted by Crippen LogP contribution is -2.44. The third-order valence-electron chi connectivity index (χ3n) is 4.85. The fourth-order valence-corrected chi connectivity index (χ4v) is 4.19. The van der Waals surface area contributed by atoms with Crippen molar-refractivity contribution in [3.05, 3.63) is 34.9 Å². The summed E-state index contributed by atoms with van der Waals surface area (Å²) in [5.74, 6) is 0.772. The predicted octanol–water partition coefficient (Wildman–Crippen LogP) is 5.08. The van der Waals surface area contributed by atoms with Gasteiger partial charge in [0.2, 0.25) is 0 Å². The van der Waals surface area contributed by atoms with E-state index in [9.17, 15) is 0 Å². The van der Waals surface area contributed by atoms with Crippen molar-refractivity contribution in [3.8, 4) is 0 Å². The zero-order chi connectivity index (χ0) is 14.6. The fourth-order valence-electron chi connectivity index (χ4n) is 4.07. The van der Waals surface area contributed by atoms with Crippen molar-refractivity contribution >= 4 is 11.6 Å². The van der Waals surface area contributed by atoms with E-state index in [1.807, 2.05) is 12.1 Å². The van der Waals surface area contributed by atoms with Crippen LogP contribution in [0.25, 0.3) is 0 Å². The molecule has 1 fully saturated rings.